The van der Waals surface area contributed by atoms with Crippen molar-refractivity contribution in [2.45, 2.75) is 13.3 Å². The molecule has 0 amide bonds. The Kier molecular flexibility index (Phi) is 3.66. The second kappa shape index (κ2) is 5.98. The molecule has 0 unspecified atom stereocenters. The van der Waals surface area contributed by atoms with Crippen molar-refractivity contribution in [3.63, 3.8) is 0 Å². The Hall–Kier alpha value is -2.86. The van der Waals surface area contributed by atoms with E-state index in [4.69, 9.17) is 5.73 Å². The van der Waals surface area contributed by atoms with Gasteiger partial charge in [-0.15, -0.1) is 11.3 Å². The second-order valence-electron chi connectivity index (χ2n) is 5.52. The summed E-state index contributed by atoms with van der Waals surface area (Å²) < 4.78 is 1.13. The first kappa shape index (κ1) is 14.7. The van der Waals surface area contributed by atoms with Crippen molar-refractivity contribution in [3.05, 3.63) is 54.1 Å². The van der Waals surface area contributed by atoms with Gasteiger partial charge in [-0.05, 0) is 36.2 Å². The Balaban J connectivity index is 1.72. The molecule has 0 saturated heterocycles. The number of nitrogens with two attached hydrogens (primary N) is 1. The Morgan fingerprint density at radius 1 is 1.12 bits per heavy atom. The molecule has 4 aromatic rings. The number of aromatic nitrogens is 3. The topological polar surface area (TPSA) is 79.6 Å². The summed E-state index contributed by atoms with van der Waals surface area (Å²) in [5.74, 6) is 1.21. The van der Waals surface area contributed by atoms with Crippen LogP contribution >= 0.6 is 11.3 Å². The van der Waals surface area contributed by atoms with Crippen LogP contribution in [0.2, 0.25) is 0 Å². The fraction of sp³-hybridized carbons (Fsp3) is 0.111. The lowest BCUT2D eigenvalue weighted by Crippen LogP contribution is -1.94. The van der Waals surface area contributed by atoms with Crippen LogP contribution in [0.1, 0.15) is 12.5 Å². The largest absolute Gasteiger partial charge is 0.383 e. The van der Waals surface area contributed by atoms with Gasteiger partial charge in [0.05, 0.1) is 15.8 Å². The molecular formula is C18H17N5S. The van der Waals surface area contributed by atoms with Gasteiger partial charge in [0, 0.05) is 5.69 Å². The first-order valence-electron chi connectivity index (χ1n) is 7.80. The Morgan fingerprint density at radius 3 is 2.67 bits per heavy atom. The normalized spacial score (nSPS) is 11.0. The molecule has 0 aliphatic rings. The zero-order chi connectivity index (χ0) is 16.5. The summed E-state index contributed by atoms with van der Waals surface area (Å²) in [5, 5.41) is 11.3. The first-order valence-corrected chi connectivity index (χ1v) is 8.62. The second-order valence-corrected chi connectivity index (χ2v) is 6.55. The number of aromatic amines is 1. The molecule has 6 heteroatoms. The molecule has 2 aromatic heterocycles. The lowest BCUT2D eigenvalue weighted by atomic mass is 10.1. The van der Waals surface area contributed by atoms with Gasteiger partial charge in [-0.2, -0.15) is 5.10 Å². The number of benzene rings is 2. The van der Waals surface area contributed by atoms with E-state index >= 15 is 0 Å². The zero-order valence-electron chi connectivity index (χ0n) is 13.2. The number of aryl methyl sites for hydroxylation is 1. The zero-order valence-corrected chi connectivity index (χ0v) is 14.0. The van der Waals surface area contributed by atoms with Crippen molar-refractivity contribution >= 4 is 38.9 Å². The summed E-state index contributed by atoms with van der Waals surface area (Å²) in [7, 11) is 0. The fourth-order valence-corrected chi connectivity index (χ4v) is 3.63. The summed E-state index contributed by atoms with van der Waals surface area (Å²) in [6.45, 7) is 2.14. The van der Waals surface area contributed by atoms with Crippen LogP contribution in [0.5, 0.6) is 0 Å². The summed E-state index contributed by atoms with van der Waals surface area (Å²) in [4.78, 5) is 4.68. The van der Waals surface area contributed by atoms with Crippen LogP contribution in [0.15, 0.2) is 48.5 Å². The fourth-order valence-electron chi connectivity index (χ4n) is 2.60. The van der Waals surface area contributed by atoms with Crippen molar-refractivity contribution < 1.29 is 0 Å². The molecule has 24 heavy (non-hydrogen) atoms. The van der Waals surface area contributed by atoms with Crippen LogP contribution in [0.4, 0.5) is 17.3 Å². The van der Waals surface area contributed by atoms with Gasteiger partial charge in [-0.25, -0.2) is 4.98 Å². The van der Waals surface area contributed by atoms with E-state index in [2.05, 4.69) is 45.6 Å². The van der Waals surface area contributed by atoms with Gasteiger partial charge < -0.3 is 11.1 Å². The number of hydrogen-bond donors (Lipinski definition) is 3. The van der Waals surface area contributed by atoms with Crippen LogP contribution in [0, 0.1) is 0 Å². The SMILES string of the molecule is CCc1ccc(Nc2n[nH]c(N)c2-c2nc3ccccc3s2)cc1. The Morgan fingerprint density at radius 2 is 1.92 bits per heavy atom. The smallest absolute Gasteiger partial charge is 0.164 e. The van der Waals surface area contributed by atoms with Crippen LogP contribution in [-0.2, 0) is 6.42 Å². The van der Waals surface area contributed by atoms with Crippen molar-refractivity contribution in [2.75, 3.05) is 11.1 Å². The van der Waals surface area contributed by atoms with Gasteiger partial charge in [0.1, 0.15) is 10.8 Å². The van der Waals surface area contributed by atoms with E-state index in [1.807, 2.05) is 30.3 Å². The standard InChI is InChI=1S/C18H17N5S/c1-2-11-7-9-12(10-8-11)20-17-15(16(19)22-23-17)18-21-13-5-3-4-6-14(13)24-18/h3-10H,2H2,1H3,(H4,19,20,22,23). The maximum absolute atomic E-state index is 6.10. The number of nitrogens with zero attached hydrogens (tertiary/aromatic N) is 2. The lowest BCUT2D eigenvalue weighted by molar-refractivity contribution is 1.10. The molecule has 0 spiro atoms. The van der Waals surface area contributed by atoms with E-state index < -0.39 is 0 Å². The van der Waals surface area contributed by atoms with Crippen molar-refractivity contribution in [1.82, 2.24) is 15.2 Å². The number of anilines is 3. The minimum Gasteiger partial charge on any atom is -0.383 e. The molecule has 5 nitrogen and oxygen atoms in total. The predicted octanol–water partition coefficient (Wildman–Crippen LogP) is 4.57. The third-order valence-electron chi connectivity index (χ3n) is 3.93. The number of para-hydroxylation sites is 1. The first-order chi connectivity index (χ1) is 11.7. The summed E-state index contributed by atoms with van der Waals surface area (Å²) in [6.07, 6.45) is 1.02. The van der Waals surface area contributed by atoms with Crippen molar-refractivity contribution in [3.8, 4) is 10.6 Å². The summed E-state index contributed by atoms with van der Waals surface area (Å²) in [5.41, 5.74) is 10.2. The van der Waals surface area contributed by atoms with E-state index in [0.717, 1.165) is 32.9 Å². The minimum atomic E-state index is 0.515. The third-order valence-corrected chi connectivity index (χ3v) is 4.98. The molecule has 4 rings (SSSR count). The van der Waals surface area contributed by atoms with Gasteiger partial charge in [0.2, 0.25) is 0 Å². The average Bonchev–Trinajstić information content (AvgIpc) is 3.18. The quantitative estimate of drug-likeness (QED) is 0.510. The predicted molar refractivity (Wildman–Crippen MR) is 101 cm³/mol. The van der Waals surface area contributed by atoms with Gasteiger partial charge in [0.25, 0.3) is 0 Å². The number of nitrogen functional groups attached to an aromatic ring is 1. The monoisotopic (exact) mass is 335 g/mol. The molecule has 2 heterocycles. The van der Waals surface area contributed by atoms with Crippen LogP contribution in [-0.4, -0.2) is 15.2 Å². The molecule has 0 aliphatic heterocycles. The molecule has 0 radical (unpaired) electrons. The van der Waals surface area contributed by atoms with E-state index in [0.29, 0.717) is 11.6 Å². The number of nitrogens with one attached hydrogen (secondary N) is 2. The molecule has 0 bridgehead atoms. The average molecular weight is 335 g/mol. The maximum Gasteiger partial charge on any atom is 0.164 e. The highest BCUT2D eigenvalue weighted by atomic mass is 32.1. The number of rotatable bonds is 4. The number of thiazole rings is 1. The molecule has 0 saturated carbocycles. The molecule has 0 aliphatic carbocycles. The Labute approximate surface area is 143 Å². The highest BCUT2D eigenvalue weighted by Gasteiger charge is 2.17. The molecule has 2 aromatic carbocycles. The highest BCUT2D eigenvalue weighted by Crippen LogP contribution is 2.37. The van der Waals surface area contributed by atoms with E-state index in [1.165, 1.54) is 5.56 Å². The Bertz CT molecular complexity index is 951. The molecule has 0 atom stereocenters. The molecular weight excluding hydrogens is 318 g/mol. The van der Waals surface area contributed by atoms with Crippen molar-refractivity contribution in [2.24, 2.45) is 0 Å². The van der Waals surface area contributed by atoms with Gasteiger partial charge >= 0.3 is 0 Å². The molecule has 4 N–H and O–H groups in total. The minimum absolute atomic E-state index is 0.515. The highest BCUT2D eigenvalue weighted by molar-refractivity contribution is 7.21. The van der Waals surface area contributed by atoms with E-state index in [9.17, 15) is 0 Å². The third kappa shape index (κ3) is 2.61. The lowest BCUT2D eigenvalue weighted by Gasteiger charge is -2.06. The molecule has 120 valence electrons. The van der Waals surface area contributed by atoms with Crippen LogP contribution in [0.3, 0.4) is 0 Å². The van der Waals surface area contributed by atoms with E-state index in [1.54, 1.807) is 11.3 Å². The van der Waals surface area contributed by atoms with Crippen molar-refractivity contribution in [1.29, 1.82) is 0 Å². The summed E-state index contributed by atoms with van der Waals surface area (Å²) >= 11 is 1.61. The number of hydrogen-bond acceptors (Lipinski definition) is 5. The molecule has 0 fully saturated rings. The van der Waals surface area contributed by atoms with Gasteiger partial charge in [0.15, 0.2) is 5.82 Å². The summed E-state index contributed by atoms with van der Waals surface area (Å²) in [6, 6.07) is 16.4. The number of fused-ring (bicyclic) bond motifs is 1. The van der Waals surface area contributed by atoms with Gasteiger partial charge in [-0.3, -0.25) is 5.10 Å². The van der Waals surface area contributed by atoms with Crippen LogP contribution < -0.4 is 11.1 Å². The van der Waals surface area contributed by atoms with E-state index in [-0.39, 0.29) is 0 Å². The number of H-pyrrole nitrogens is 1. The maximum atomic E-state index is 6.10. The van der Waals surface area contributed by atoms with Gasteiger partial charge in [-0.1, -0.05) is 31.2 Å². The van der Waals surface area contributed by atoms with Crippen LogP contribution in [0.25, 0.3) is 20.8 Å².